The van der Waals surface area contributed by atoms with Crippen LogP contribution in [0.25, 0.3) is 0 Å². The first-order valence-electron chi connectivity index (χ1n) is 6.74. The lowest BCUT2D eigenvalue weighted by Crippen LogP contribution is -2.61. The van der Waals surface area contributed by atoms with Gasteiger partial charge < -0.3 is 10.2 Å². The van der Waals surface area contributed by atoms with E-state index in [0.29, 0.717) is 6.42 Å². The molecule has 0 aliphatic carbocycles. The quantitative estimate of drug-likeness (QED) is 0.890. The number of nitrogens with zero attached hydrogens (tertiary/aromatic N) is 1. The smallest absolute Gasteiger partial charge is 0.246 e. The summed E-state index contributed by atoms with van der Waals surface area (Å²) in [7, 11) is 0. The van der Waals surface area contributed by atoms with Crippen molar-refractivity contribution in [3.8, 4) is 0 Å². The highest BCUT2D eigenvalue weighted by Crippen LogP contribution is 2.14. The molecule has 1 aromatic carbocycles. The number of piperazine rings is 1. The number of rotatable bonds is 5. The summed E-state index contributed by atoms with van der Waals surface area (Å²) in [6, 6.07) is 9.42. The number of thioether (sulfide) groups is 1. The van der Waals surface area contributed by atoms with Crippen molar-refractivity contribution in [3.05, 3.63) is 35.9 Å². The highest BCUT2D eigenvalue weighted by molar-refractivity contribution is 7.98. The second kappa shape index (κ2) is 6.79. The molecule has 1 heterocycles. The van der Waals surface area contributed by atoms with Crippen LogP contribution in [-0.4, -0.2) is 47.4 Å². The maximum Gasteiger partial charge on any atom is 0.246 e. The second-order valence-corrected chi connectivity index (χ2v) is 5.99. The molecule has 1 N–H and O–H groups in total. The average Bonchev–Trinajstić information content (AvgIpc) is 2.44. The Balaban J connectivity index is 2.09. The van der Waals surface area contributed by atoms with E-state index in [-0.39, 0.29) is 24.4 Å². The largest absolute Gasteiger partial charge is 0.342 e. The molecule has 1 aliphatic heterocycles. The van der Waals surface area contributed by atoms with Crippen molar-refractivity contribution in [2.75, 3.05) is 18.6 Å². The zero-order chi connectivity index (χ0) is 14.5. The predicted molar refractivity (Wildman–Crippen MR) is 81.6 cm³/mol. The SMILES string of the molecule is CSCC(C)N1CC(=O)NC(Cc2ccccc2)C1=O. The van der Waals surface area contributed by atoms with Crippen LogP contribution >= 0.6 is 11.8 Å². The van der Waals surface area contributed by atoms with Gasteiger partial charge in [0.05, 0.1) is 6.54 Å². The first kappa shape index (κ1) is 14.9. The summed E-state index contributed by atoms with van der Waals surface area (Å²) in [5, 5.41) is 2.80. The number of hydrogen-bond donors (Lipinski definition) is 1. The summed E-state index contributed by atoms with van der Waals surface area (Å²) < 4.78 is 0. The summed E-state index contributed by atoms with van der Waals surface area (Å²) in [4.78, 5) is 26.0. The second-order valence-electron chi connectivity index (χ2n) is 5.08. The van der Waals surface area contributed by atoms with Gasteiger partial charge in [0.2, 0.25) is 11.8 Å². The van der Waals surface area contributed by atoms with Gasteiger partial charge in [0, 0.05) is 18.2 Å². The summed E-state index contributed by atoms with van der Waals surface area (Å²) in [6.07, 6.45) is 2.56. The lowest BCUT2D eigenvalue weighted by molar-refractivity contribution is -0.145. The molecule has 1 fully saturated rings. The third-order valence-corrected chi connectivity index (χ3v) is 4.27. The Hall–Kier alpha value is -1.49. The van der Waals surface area contributed by atoms with Crippen LogP contribution in [0.2, 0.25) is 0 Å². The van der Waals surface area contributed by atoms with E-state index < -0.39 is 6.04 Å². The van der Waals surface area contributed by atoms with Crippen LogP contribution in [0.5, 0.6) is 0 Å². The van der Waals surface area contributed by atoms with Crippen molar-refractivity contribution >= 4 is 23.6 Å². The molecule has 0 aromatic heterocycles. The molecule has 1 aromatic rings. The van der Waals surface area contributed by atoms with Crippen LogP contribution in [0.1, 0.15) is 12.5 Å². The van der Waals surface area contributed by atoms with Gasteiger partial charge in [-0.3, -0.25) is 9.59 Å². The van der Waals surface area contributed by atoms with E-state index in [1.807, 2.05) is 43.5 Å². The van der Waals surface area contributed by atoms with Crippen molar-refractivity contribution in [2.45, 2.75) is 25.4 Å². The van der Waals surface area contributed by atoms with Gasteiger partial charge in [0.15, 0.2) is 0 Å². The lowest BCUT2D eigenvalue weighted by atomic mass is 10.0. The van der Waals surface area contributed by atoms with Crippen molar-refractivity contribution in [1.29, 1.82) is 0 Å². The van der Waals surface area contributed by atoms with Crippen molar-refractivity contribution in [2.24, 2.45) is 0 Å². The Morgan fingerprint density at radius 1 is 1.35 bits per heavy atom. The number of hydrogen-bond acceptors (Lipinski definition) is 3. The number of carbonyl (C=O) groups excluding carboxylic acids is 2. The van der Waals surface area contributed by atoms with E-state index in [1.54, 1.807) is 16.7 Å². The van der Waals surface area contributed by atoms with Gasteiger partial charge in [-0.2, -0.15) is 11.8 Å². The predicted octanol–water partition coefficient (Wildman–Crippen LogP) is 1.31. The molecule has 1 aliphatic rings. The Morgan fingerprint density at radius 3 is 2.70 bits per heavy atom. The van der Waals surface area contributed by atoms with Crippen LogP contribution in [0.4, 0.5) is 0 Å². The fourth-order valence-electron chi connectivity index (χ4n) is 2.43. The van der Waals surface area contributed by atoms with Crippen LogP contribution in [-0.2, 0) is 16.0 Å². The third kappa shape index (κ3) is 3.54. The standard InChI is InChI=1S/C15H20N2O2S/c1-11(10-20-2)17-9-14(18)16-13(15(17)19)8-12-6-4-3-5-7-12/h3-7,11,13H,8-10H2,1-2H3,(H,16,18). The fraction of sp³-hybridized carbons (Fsp3) is 0.467. The Morgan fingerprint density at radius 2 is 2.05 bits per heavy atom. The number of carbonyl (C=O) groups is 2. The highest BCUT2D eigenvalue weighted by atomic mass is 32.2. The summed E-state index contributed by atoms with van der Waals surface area (Å²) in [5.41, 5.74) is 1.06. The molecule has 0 spiro atoms. The topological polar surface area (TPSA) is 49.4 Å². The van der Waals surface area contributed by atoms with Gasteiger partial charge >= 0.3 is 0 Å². The van der Waals surface area contributed by atoms with Crippen LogP contribution in [0.15, 0.2) is 30.3 Å². The number of amides is 2. The van der Waals surface area contributed by atoms with Crippen molar-refractivity contribution in [3.63, 3.8) is 0 Å². The molecular formula is C15H20N2O2S. The zero-order valence-corrected chi connectivity index (χ0v) is 12.7. The van der Waals surface area contributed by atoms with Crippen LogP contribution < -0.4 is 5.32 Å². The first-order valence-corrected chi connectivity index (χ1v) is 8.14. The molecule has 4 nitrogen and oxygen atoms in total. The minimum absolute atomic E-state index is 0.0232. The zero-order valence-electron chi connectivity index (χ0n) is 11.8. The Kier molecular flexibility index (Phi) is 5.06. The van der Waals surface area contributed by atoms with Gasteiger partial charge in [-0.1, -0.05) is 30.3 Å². The first-order chi connectivity index (χ1) is 9.61. The third-order valence-electron chi connectivity index (χ3n) is 3.45. The molecule has 0 radical (unpaired) electrons. The number of nitrogens with one attached hydrogen (secondary N) is 1. The van der Waals surface area contributed by atoms with E-state index in [9.17, 15) is 9.59 Å². The highest BCUT2D eigenvalue weighted by Gasteiger charge is 2.34. The monoisotopic (exact) mass is 292 g/mol. The van der Waals surface area contributed by atoms with Gasteiger partial charge in [-0.25, -0.2) is 0 Å². The van der Waals surface area contributed by atoms with Crippen LogP contribution in [0, 0.1) is 0 Å². The molecule has 2 atom stereocenters. The van der Waals surface area contributed by atoms with E-state index in [4.69, 9.17) is 0 Å². The Bertz CT molecular complexity index is 478. The van der Waals surface area contributed by atoms with E-state index in [1.165, 1.54) is 0 Å². The summed E-state index contributed by atoms with van der Waals surface area (Å²) in [5.74, 6) is 0.797. The summed E-state index contributed by atoms with van der Waals surface area (Å²) in [6.45, 7) is 2.17. The Labute approximate surface area is 123 Å². The molecule has 1 saturated heterocycles. The van der Waals surface area contributed by atoms with Gasteiger partial charge in [-0.05, 0) is 18.7 Å². The van der Waals surface area contributed by atoms with Crippen molar-refractivity contribution in [1.82, 2.24) is 10.2 Å². The molecule has 2 unspecified atom stereocenters. The minimum Gasteiger partial charge on any atom is -0.342 e. The van der Waals surface area contributed by atoms with E-state index >= 15 is 0 Å². The van der Waals surface area contributed by atoms with E-state index in [2.05, 4.69) is 5.32 Å². The molecule has 2 rings (SSSR count). The fourth-order valence-corrected chi connectivity index (χ4v) is 3.09. The average molecular weight is 292 g/mol. The van der Waals surface area contributed by atoms with Crippen molar-refractivity contribution < 1.29 is 9.59 Å². The normalized spacial score (nSPS) is 20.7. The molecule has 108 valence electrons. The van der Waals surface area contributed by atoms with Crippen LogP contribution in [0.3, 0.4) is 0 Å². The molecule has 20 heavy (non-hydrogen) atoms. The molecule has 5 heteroatoms. The number of benzene rings is 1. The minimum atomic E-state index is -0.442. The van der Waals surface area contributed by atoms with E-state index in [0.717, 1.165) is 11.3 Å². The maximum atomic E-state index is 12.5. The lowest BCUT2D eigenvalue weighted by Gasteiger charge is -2.36. The molecule has 2 amide bonds. The molecule has 0 bridgehead atoms. The summed E-state index contributed by atoms with van der Waals surface area (Å²) >= 11 is 1.69. The maximum absolute atomic E-state index is 12.5. The van der Waals surface area contributed by atoms with Gasteiger partial charge in [0.1, 0.15) is 6.04 Å². The van der Waals surface area contributed by atoms with Gasteiger partial charge in [-0.15, -0.1) is 0 Å². The molecule has 0 saturated carbocycles. The molecular weight excluding hydrogens is 272 g/mol. The van der Waals surface area contributed by atoms with Gasteiger partial charge in [0.25, 0.3) is 0 Å².